The lowest BCUT2D eigenvalue weighted by molar-refractivity contribution is -0.134. The molecule has 5 fully saturated rings. The van der Waals surface area contributed by atoms with Gasteiger partial charge < -0.3 is 10.2 Å². The largest absolute Gasteiger partial charge is 0.353 e. The van der Waals surface area contributed by atoms with Crippen molar-refractivity contribution in [3.05, 3.63) is 42.0 Å². The molecule has 1 saturated heterocycles. The van der Waals surface area contributed by atoms with Crippen molar-refractivity contribution in [3.63, 3.8) is 0 Å². The molecule has 4 bridgehead atoms. The summed E-state index contributed by atoms with van der Waals surface area (Å²) in [5, 5.41) is 3.44. The number of nitrogens with zero attached hydrogens (tertiary/aromatic N) is 1. The lowest BCUT2D eigenvalue weighted by Crippen LogP contribution is -2.56. The SMILES string of the molecule is C[C@@H](NC(=O)C1CCN(C(=O)/C=C\c2ccccc2)CC1)C12CC3CC(CC(C3)C1)C2. The van der Waals surface area contributed by atoms with Crippen LogP contribution in [0.1, 0.15) is 63.9 Å². The minimum Gasteiger partial charge on any atom is -0.353 e. The van der Waals surface area contributed by atoms with Gasteiger partial charge in [0.05, 0.1) is 0 Å². The summed E-state index contributed by atoms with van der Waals surface area (Å²) >= 11 is 0. The van der Waals surface area contributed by atoms with E-state index in [2.05, 4.69) is 12.2 Å². The molecule has 1 N–H and O–H groups in total. The van der Waals surface area contributed by atoms with Crippen molar-refractivity contribution < 1.29 is 9.59 Å². The van der Waals surface area contributed by atoms with Crippen LogP contribution in [0.5, 0.6) is 0 Å². The van der Waals surface area contributed by atoms with Crippen LogP contribution in [0.2, 0.25) is 0 Å². The van der Waals surface area contributed by atoms with Gasteiger partial charge in [-0.2, -0.15) is 0 Å². The van der Waals surface area contributed by atoms with E-state index in [0.29, 0.717) is 18.5 Å². The molecule has 0 radical (unpaired) electrons. The molecule has 1 atom stereocenters. The molecule has 1 heterocycles. The third-order valence-corrected chi connectivity index (χ3v) is 8.76. The molecule has 4 nitrogen and oxygen atoms in total. The van der Waals surface area contributed by atoms with Crippen LogP contribution in [0.3, 0.4) is 0 Å². The zero-order valence-electron chi connectivity index (χ0n) is 18.8. The van der Waals surface area contributed by atoms with Gasteiger partial charge in [-0.15, -0.1) is 0 Å². The van der Waals surface area contributed by atoms with E-state index >= 15 is 0 Å². The summed E-state index contributed by atoms with van der Waals surface area (Å²) in [6, 6.07) is 10.2. The van der Waals surface area contributed by atoms with Crippen LogP contribution < -0.4 is 5.32 Å². The summed E-state index contributed by atoms with van der Waals surface area (Å²) in [7, 11) is 0. The number of rotatable bonds is 5. The van der Waals surface area contributed by atoms with Crippen molar-refractivity contribution in [2.24, 2.45) is 29.1 Å². The van der Waals surface area contributed by atoms with Crippen molar-refractivity contribution in [3.8, 4) is 0 Å². The molecule has 1 aliphatic heterocycles. The molecule has 31 heavy (non-hydrogen) atoms. The quantitative estimate of drug-likeness (QED) is 0.705. The van der Waals surface area contributed by atoms with Crippen molar-refractivity contribution in [1.82, 2.24) is 10.2 Å². The van der Waals surface area contributed by atoms with Gasteiger partial charge in [0, 0.05) is 31.1 Å². The van der Waals surface area contributed by atoms with Crippen LogP contribution >= 0.6 is 0 Å². The summed E-state index contributed by atoms with van der Waals surface area (Å²) in [6.07, 6.45) is 13.3. The fraction of sp³-hybridized carbons (Fsp3) is 0.630. The zero-order chi connectivity index (χ0) is 21.4. The van der Waals surface area contributed by atoms with Crippen LogP contribution in [0.25, 0.3) is 6.08 Å². The highest BCUT2D eigenvalue weighted by Gasteiger charge is 2.53. The van der Waals surface area contributed by atoms with Gasteiger partial charge in [0.1, 0.15) is 0 Å². The molecule has 6 rings (SSSR count). The second-order valence-electron chi connectivity index (χ2n) is 10.9. The third kappa shape index (κ3) is 4.31. The Kier molecular flexibility index (Phi) is 5.66. The van der Waals surface area contributed by atoms with Gasteiger partial charge in [-0.1, -0.05) is 30.3 Å². The number of likely N-dealkylation sites (tertiary alicyclic amines) is 1. The molecule has 0 spiro atoms. The van der Waals surface area contributed by atoms with Gasteiger partial charge in [-0.3, -0.25) is 9.59 Å². The van der Waals surface area contributed by atoms with Crippen molar-refractivity contribution in [2.45, 2.75) is 64.3 Å². The first kappa shape index (κ1) is 20.8. The fourth-order valence-electron chi connectivity index (χ4n) is 7.39. The first-order valence-corrected chi connectivity index (χ1v) is 12.3. The molecule has 166 valence electrons. The third-order valence-electron chi connectivity index (χ3n) is 8.76. The normalized spacial score (nSPS) is 33.6. The summed E-state index contributed by atoms with van der Waals surface area (Å²) in [6.45, 7) is 3.60. The number of hydrogen-bond donors (Lipinski definition) is 1. The van der Waals surface area contributed by atoms with Gasteiger partial charge in [0.15, 0.2) is 0 Å². The summed E-state index contributed by atoms with van der Waals surface area (Å²) in [4.78, 5) is 27.5. The minimum absolute atomic E-state index is 0.0403. The Hall–Kier alpha value is -2.10. The Labute approximate surface area is 186 Å². The second-order valence-corrected chi connectivity index (χ2v) is 10.9. The Morgan fingerprint density at radius 1 is 1.00 bits per heavy atom. The lowest BCUT2D eigenvalue weighted by atomic mass is 9.48. The maximum Gasteiger partial charge on any atom is 0.246 e. The predicted molar refractivity (Wildman–Crippen MR) is 123 cm³/mol. The van der Waals surface area contributed by atoms with E-state index in [9.17, 15) is 9.59 Å². The maximum atomic E-state index is 13.1. The monoisotopic (exact) mass is 420 g/mol. The summed E-state index contributed by atoms with van der Waals surface area (Å²) in [5.74, 6) is 3.02. The van der Waals surface area contributed by atoms with E-state index in [1.807, 2.05) is 41.3 Å². The molecule has 4 heteroatoms. The van der Waals surface area contributed by atoms with E-state index in [0.717, 1.165) is 36.2 Å². The smallest absolute Gasteiger partial charge is 0.246 e. The lowest BCUT2D eigenvalue weighted by Gasteiger charge is -2.59. The number of hydrogen-bond acceptors (Lipinski definition) is 2. The molecule has 0 unspecified atom stereocenters. The molecule has 5 aliphatic rings. The molecule has 4 aliphatic carbocycles. The van der Waals surface area contributed by atoms with E-state index in [4.69, 9.17) is 0 Å². The second kappa shape index (κ2) is 8.44. The first-order valence-electron chi connectivity index (χ1n) is 12.3. The Morgan fingerprint density at radius 2 is 1.58 bits per heavy atom. The number of piperidine rings is 1. The molecule has 1 aromatic rings. The first-order chi connectivity index (χ1) is 15.0. The predicted octanol–water partition coefficient (Wildman–Crippen LogP) is 4.66. The highest BCUT2D eigenvalue weighted by molar-refractivity contribution is 5.92. The van der Waals surface area contributed by atoms with Crippen LogP contribution in [-0.4, -0.2) is 35.8 Å². The fourth-order valence-corrected chi connectivity index (χ4v) is 7.39. The number of benzene rings is 1. The van der Waals surface area contributed by atoms with E-state index in [1.54, 1.807) is 6.08 Å². The number of nitrogens with one attached hydrogen (secondary N) is 1. The van der Waals surface area contributed by atoms with Gasteiger partial charge in [0.2, 0.25) is 11.8 Å². The topological polar surface area (TPSA) is 49.4 Å². The molecule has 0 aromatic heterocycles. The molecular weight excluding hydrogens is 384 g/mol. The van der Waals surface area contributed by atoms with E-state index in [-0.39, 0.29) is 23.8 Å². The number of amides is 2. The molecule has 2 amide bonds. The summed E-state index contributed by atoms with van der Waals surface area (Å²) in [5.41, 5.74) is 1.38. The van der Waals surface area contributed by atoms with Gasteiger partial charge >= 0.3 is 0 Å². The van der Waals surface area contributed by atoms with Gasteiger partial charge in [-0.05, 0) is 93.1 Å². The minimum atomic E-state index is 0.0403. The van der Waals surface area contributed by atoms with E-state index < -0.39 is 0 Å². The van der Waals surface area contributed by atoms with Crippen LogP contribution in [0.4, 0.5) is 0 Å². The van der Waals surface area contributed by atoms with Gasteiger partial charge in [0.25, 0.3) is 0 Å². The standard InChI is InChI=1S/C27H36N2O2/c1-19(27-16-21-13-22(17-27)15-23(14-21)18-27)28-26(31)24-9-11-29(12-10-24)25(30)8-7-20-5-3-2-4-6-20/h2-8,19,21-24H,9-18H2,1H3,(H,28,31)/b8-7-/t19-,21?,22?,23?,27?/m1/s1. The highest BCUT2D eigenvalue weighted by atomic mass is 16.2. The Bertz CT molecular complexity index is 803. The van der Waals surface area contributed by atoms with Crippen LogP contribution in [0.15, 0.2) is 36.4 Å². The zero-order valence-corrected chi connectivity index (χ0v) is 18.8. The number of carbonyl (C=O) groups excluding carboxylic acids is 2. The molecule has 1 aromatic carbocycles. The Morgan fingerprint density at radius 3 is 2.16 bits per heavy atom. The van der Waals surface area contributed by atoms with E-state index in [1.165, 1.54) is 38.5 Å². The maximum absolute atomic E-state index is 13.1. The van der Waals surface area contributed by atoms with Crippen LogP contribution in [0, 0.1) is 29.1 Å². The average Bonchev–Trinajstić information content (AvgIpc) is 2.77. The molecular formula is C27H36N2O2. The molecule has 4 saturated carbocycles. The average molecular weight is 421 g/mol. The summed E-state index contributed by atoms with van der Waals surface area (Å²) < 4.78 is 0. The van der Waals surface area contributed by atoms with Gasteiger partial charge in [-0.25, -0.2) is 0 Å². The highest BCUT2D eigenvalue weighted by Crippen LogP contribution is 2.61. The van der Waals surface area contributed by atoms with Crippen molar-refractivity contribution in [1.29, 1.82) is 0 Å². The van der Waals surface area contributed by atoms with Crippen molar-refractivity contribution in [2.75, 3.05) is 13.1 Å². The Balaban J connectivity index is 1.12. The van der Waals surface area contributed by atoms with Crippen molar-refractivity contribution >= 4 is 17.9 Å². The number of carbonyl (C=O) groups is 2. The van der Waals surface area contributed by atoms with Crippen LogP contribution in [-0.2, 0) is 9.59 Å².